The molecule has 27 heavy (non-hydrogen) atoms. The molecule has 7 heteroatoms. The lowest BCUT2D eigenvalue weighted by molar-refractivity contribution is -0.138. The lowest BCUT2D eigenvalue weighted by Gasteiger charge is -2.39. The molecule has 150 valence electrons. The Kier molecular flexibility index (Phi) is 7.67. The first-order chi connectivity index (χ1) is 13.2. The van der Waals surface area contributed by atoms with E-state index in [0.29, 0.717) is 6.54 Å². The number of hydrogen-bond acceptors (Lipinski definition) is 5. The van der Waals surface area contributed by atoms with Crippen LogP contribution in [0, 0.1) is 0 Å². The maximum atomic E-state index is 12.7. The van der Waals surface area contributed by atoms with Crippen molar-refractivity contribution < 1.29 is 14.3 Å². The van der Waals surface area contributed by atoms with Crippen molar-refractivity contribution in [2.45, 2.75) is 38.1 Å². The number of rotatable bonds is 8. The number of ether oxygens (including phenoxy) is 1. The van der Waals surface area contributed by atoms with Gasteiger partial charge in [-0.1, -0.05) is 6.07 Å². The number of nitrogens with zero attached hydrogens (tertiary/aromatic N) is 3. The standard InChI is InChI=1S/C20H31N3O3S/c1-26-16-19(24)23(13-6-11-21-9-2-3-10-21)17-7-4-12-22(15-17)20(25)18-8-5-14-27-18/h5,8,14,17H,2-4,6-7,9-13,15-16H2,1H3. The smallest absolute Gasteiger partial charge is 0.263 e. The van der Waals surface area contributed by atoms with Crippen molar-refractivity contribution >= 4 is 23.2 Å². The Morgan fingerprint density at radius 1 is 1.26 bits per heavy atom. The van der Waals surface area contributed by atoms with Crippen LogP contribution in [-0.2, 0) is 9.53 Å². The molecular formula is C20H31N3O3S. The van der Waals surface area contributed by atoms with E-state index < -0.39 is 0 Å². The highest BCUT2D eigenvalue weighted by Gasteiger charge is 2.31. The van der Waals surface area contributed by atoms with Crippen LogP contribution in [0.4, 0.5) is 0 Å². The lowest BCUT2D eigenvalue weighted by Crippen LogP contribution is -2.53. The minimum atomic E-state index is 0.0364. The van der Waals surface area contributed by atoms with E-state index in [1.807, 2.05) is 27.3 Å². The van der Waals surface area contributed by atoms with Crippen molar-refractivity contribution in [1.29, 1.82) is 0 Å². The van der Waals surface area contributed by atoms with Crippen LogP contribution in [0.15, 0.2) is 17.5 Å². The molecule has 0 N–H and O–H groups in total. The zero-order valence-corrected chi connectivity index (χ0v) is 17.1. The first-order valence-electron chi connectivity index (χ1n) is 10.0. The third kappa shape index (κ3) is 5.53. The van der Waals surface area contributed by atoms with Gasteiger partial charge < -0.3 is 19.4 Å². The molecule has 0 bridgehead atoms. The predicted molar refractivity (Wildman–Crippen MR) is 107 cm³/mol. The normalized spacial score (nSPS) is 20.8. The Balaban J connectivity index is 1.59. The average Bonchev–Trinajstić information content (AvgIpc) is 3.39. The number of methoxy groups -OCH3 is 1. The molecule has 1 aromatic rings. The molecule has 1 unspecified atom stereocenters. The summed E-state index contributed by atoms with van der Waals surface area (Å²) in [6, 6.07) is 3.87. The molecule has 6 nitrogen and oxygen atoms in total. The second kappa shape index (κ2) is 10.2. The third-order valence-corrected chi connectivity index (χ3v) is 6.37. The maximum Gasteiger partial charge on any atom is 0.263 e. The van der Waals surface area contributed by atoms with E-state index in [-0.39, 0.29) is 24.5 Å². The summed E-state index contributed by atoms with van der Waals surface area (Å²) in [5.74, 6) is 0.125. The summed E-state index contributed by atoms with van der Waals surface area (Å²) in [6.07, 6.45) is 5.44. The second-order valence-electron chi connectivity index (χ2n) is 7.45. The molecule has 0 aliphatic carbocycles. The molecule has 2 aliphatic heterocycles. The summed E-state index contributed by atoms with van der Waals surface area (Å²) in [7, 11) is 1.56. The van der Waals surface area contributed by atoms with Gasteiger partial charge in [-0.05, 0) is 63.2 Å². The molecule has 1 aromatic heterocycles. The summed E-state index contributed by atoms with van der Waals surface area (Å²) in [5.41, 5.74) is 0. The van der Waals surface area contributed by atoms with E-state index in [2.05, 4.69) is 4.90 Å². The van der Waals surface area contributed by atoms with Crippen molar-refractivity contribution in [2.24, 2.45) is 0 Å². The van der Waals surface area contributed by atoms with Crippen LogP contribution in [-0.4, -0.2) is 85.5 Å². The van der Waals surface area contributed by atoms with Gasteiger partial charge in [-0.25, -0.2) is 0 Å². The first kappa shape index (κ1) is 20.3. The van der Waals surface area contributed by atoms with E-state index in [1.54, 1.807) is 7.11 Å². The molecule has 2 fully saturated rings. The number of carbonyl (C=O) groups is 2. The SMILES string of the molecule is COCC(=O)N(CCCN1CCCC1)C1CCCN(C(=O)c2cccs2)C1. The molecule has 0 spiro atoms. The molecule has 3 heterocycles. The fourth-order valence-corrected chi connectivity index (χ4v) is 4.83. The number of thiophene rings is 1. The minimum Gasteiger partial charge on any atom is -0.375 e. The molecule has 1 atom stereocenters. The third-order valence-electron chi connectivity index (χ3n) is 5.52. The van der Waals surface area contributed by atoms with Crippen molar-refractivity contribution in [3.05, 3.63) is 22.4 Å². The van der Waals surface area contributed by atoms with E-state index in [1.165, 1.54) is 37.3 Å². The highest BCUT2D eigenvalue weighted by molar-refractivity contribution is 7.12. The summed E-state index contributed by atoms with van der Waals surface area (Å²) < 4.78 is 5.11. The quantitative estimate of drug-likeness (QED) is 0.680. The van der Waals surface area contributed by atoms with E-state index >= 15 is 0 Å². The van der Waals surface area contributed by atoms with Gasteiger partial charge in [-0.2, -0.15) is 0 Å². The van der Waals surface area contributed by atoms with Gasteiger partial charge in [0.2, 0.25) is 5.91 Å². The molecule has 0 radical (unpaired) electrons. The van der Waals surface area contributed by atoms with Crippen LogP contribution < -0.4 is 0 Å². The zero-order chi connectivity index (χ0) is 19.1. The Morgan fingerprint density at radius 3 is 2.78 bits per heavy atom. The Bertz CT molecular complexity index is 602. The number of amides is 2. The molecule has 0 aromatic carbocycles. The van der Waals surface area contributed by atoms with Crippen molar-refractivity contribution in [3.63, 3.8) is 0 Å². The predicted octanol–water partition coefficient (Wildman–Crippen LogP) is 2.31. The van der Waals surface area contributed by atoms with Crippen LogP contribution in [0.3, 0.4) is 0 Å². The summed E-state index contributed by atoms with van der Waals surface area (Å²) in [6.45, 7) is 5.64. The second-order valence-corrected chi connectivity index (χ2v) is 8.39. The van der Waals surface area contributed by atoms with Crippen LogP contribution in [0.2, 0.25) is 0 Å². The van der Waals surface area contributed by atoms with Crippen molar-refractivity contribution in [2.75, 3.05) is 53.0 Å². The topological polar surface area (TPSA) is 53.1 Å². The number of piperidine rings is 1. The van der Waals surface area contributed by atoms with Gasteiger partial charge in [0.25, 0.3) is 5.91 Å². The number of carbonyl (C=O) groups excluding carboxylic acids is 2. The summed E-state index contributed by atoms with van der Waals surface area (Å²) in [5, 5.41) is 1.93. The van der Waals surface area contributed by atoms with E-state index in [9.17, 15) is 9.59 Å². The summed E-state index contributed by atoms with van der Waals surface area (Å²) >= 11 is 1.48. The highest BCUT2D eigenvalue weighted by atomic mass is 32.1. The molecule has 2 aliphatic rings. The fourth-order valence-electron chi connectivity index (χ4n) is 4.14. The first-order valence-corrected chi connectivity index (χ1v) is 10.9. The van der Waals surface area contributed by atoms with Gasteiger partial charge in [0.05, 0.1) is 4.88 Å². The Labute approximate surface area is 166 Å². The zero-order valence-electron chi connectivity index (χ0n) is 16.3. The number of likely N-dealkylation sites (tertiary alicyclic amines) is 2. The minimum absolute atomic E-state index is 0.0364. The van der Waals surface area contributed by atoms with Gasteiger partial charge in [0, 0.05) is 32.8 Å². The Hall–Kier alpha value is -1.44. The van der Waals surface area contributed by atoms with Crippen LogP contribution in [0.5, 0.6) is 0 Å². The lowest BCUT2D eigenvalue weighted by atomic mass is 10.0. The largest absolute Gasteiger partial charge is 0.375 e. The Morgan fingerprint density at radius 2 is 2.07 bits per heavy atom. The van der Waals surface area contributed by atoms with Crippen LogP contribution >= 0.6 is 11.3 Å². The highest BCUT2D eigenvalue weighted by Crippen LogP contribution is 2.21. The maximum absolute atomic E-state index is 12.7. The van der Waals surface area contributed by atoms with Gasteiger partial charge in [-0.15, -0.1) is 11.3 Å². The van der Waals surface area contributed by atoms with Crippen LogP contribution in [0.25, 0.3) is 0 Å². The van der Waals surface area contributed by atoms with Gasteiger partial charge >= 0.3 is 0 Å². The van der Waals surface area contributed by atoms with Gasteiger partial charge in [0.1, 0.15) is 6.61 Å². The number of hydrogen-bond donors (Lipinski definition) is 0. The van der Waals surface area contributed by atoms with E-state index in [0.717, 1.165) is 43.8 Å². The van der Waals surface area contributed by atoms with E-state index in [4.69, 9.17) is 4.74 Å². The monoisotopic (exact) mass is 393 g/mol. The van der Waals surface area contributed by atoms with Crippen molar-refractivity contribution in [3.8, 4) is 0 Å². The average molecular weight is 394 g/mol. The molecule has 2 saturated heterocycles. The molecule has 0 saturated carbocycles. The fraction of sp³-hybridized carbons (Fsp3) is 0.700. The van der Waals surface area contributed by atoms with Gasteiger partial charge in [-0.3, -0.25) is 9.59 Å². The van der Waals surface area contributed by atoms with Gasteiger partial charge in [0.15, 0.2) is 0 Å². The van der Waals surface area contributed by atoms with Crippen molar-refractivity contribution in [1.82, 2.24) is 14.7 Å². The van der Waals surface area contributed by atoms with Crippen LogP contribution in [0.1, 0.15) is 41.8 Å². The molecular weight excluding hydrogens is 362 g/mol. The molecule has 2 amide bonds. The summed E-state index contributed by atoms with van der Waals surface area (Å²) in [4.78, 5) is 32.5. The molecule has 3 rings (SSSR count).